The summed E-state index contributed by atoms with van der Waals surface area (Å²) in [6, 6.07) is 6.48. The topological polar surface area (TPSA) is 30.5 Å². The van der Waals surface area contributed by atoms with Gasteiger partial charge in [0.1, 0.15) is 5.75 Å². The highest BCUT2D eigenvalue weighted by Gasteiger charge is 2.20. The van der Waals surface area contributed by atoms with Gasteiger partial charge in [-0.05, 0) is 13.0 Å². The number of fused-ring (bicyclic) bond motifs is 1. The van der Waals surface area contributed by atoms with Gasteiger partial charge >= 0.3 is 0 Å². The number of hydrogen-bond acceptors (Lipinski definition) is 3. The molecule has 0 saturated carbocycles. The molecule has 1 aromatic rings. The van der Waals surface area contributed by atoms with Crippen LogP contribution in [0.1, 0.15) is 23.6 Å². The monoisotopic (exact) mass is 193 g/mol. The number of aryl methyl sites for hydroxylation is 1. The molecule has 0 saturated heterocycles. The highest BCUT2D eigenvalue weighted by Crippen LogP contribution is 2.32. The lowest BCUT2D eigenvalue weighted by Gasteiger charge is -2.26. The van der Waals surface area contributed by atoms with Crippen LogP contribution in [-0.2, 0) is 4.84 Å². The van der Waals surface area contributed by atoms with E-state index < -0.39 is 0 Å². The van der Waals surface area contributed by atoms with Gasteiger partial charge in [0.2, 0.25) is 0 Å². The van der Waals surface area contributed by atoms with Crippen molar-refractivity contribution in [1.29, 1.82) is 0 Å². The zero-order chi connectivity index (χ0) is 9.97. The molecule has 3 heteroatoms. The average Bonchev–Trinajstić information content (AvgIpc) is 2.19. The smallest absolute Gasteiger partial charge is 0.124 e. The molecule has 14 heavy (non-hydrogen) atoms. The van der Waals surface area contributed by atoms with Crippen molar-refractivity contribution in [2.45, 2.75) is 19.4 Å². The number of rotatable bonds is 2. The molecule has 0 spiro atoms. The van der Waals surface area contributed by atoms with Crippen molar-refractivity contribution in [2.75, 3.05) is 13.7 Å². The first kappa shape index (κ1) is 9.49. The van der Waals surface area contributed by atoms with Crippen LogP contribution in [0.2, 0.25) is 0 Å². The Morgan fingerprint density at radius 1 is 1.50 bits per heavy atom. The quantitative estimate of drug-likeness (QED) is 0.728. The maximum Gasteiger partial charge on any atom is 0.124 e. The molecule has 1 heterocycles. The second-order valence-electron chi connectivity index (χ2n) is 3.55. The zero-order valence-corrected chi connectivity index (χ0v) is 8.54. The van der Waals surface area contributed by atoms with Crippen LogP contribution in [0.15, 0.2) is 18.2 Å². The fourth-order valence-corrected chi connectivity index (χ4v) is 1.78. The van der Waals surface area contributed by atoms with E-state index in [-0.39, 0.29) is 6.04 Å². The van der Waals surface area contributed by atoms with E-state index in [2.05, 4.69) is 24.5 Å². The number of benzene rings is 1. The lowest BCUT2D eigenvalue weighted by molar-refractivity contribution is 0.0463. The largest absolute Gasteiger partial charge is 0.493 e. The Kier molecular flexibility index (Phi) is 2.70. The predicted molar refractivity (Wildman–Crippen MR) is 54.2 cm³/mol. The summed E-state index contributed by atoms with van der Waals surface area (Å²) < 4.78 is 5.56. The summed E-state index contributed by atoms with van der Waals surface area (Å²) in [7, 11) is 1.64. The lowest BCUT2D eigenvalue weighted by Crippen LogP contribution is -2.26. The molecular weight excluding hydrogens is 178 g/mol. The summed E-state index contributed by atoms with van der Waals surface area (Å²) in [4.78, 5) is 4.97. The van der Waals surface area contributed by atoms with E-state index in [9.17, 15) is 0 Å². The summed E-state index contributed by atoms with van der Waals surface area (Å²) in [6.45, 7) is 2.83. The van der Waals surface area contributed by atoms with E-state index in [1.165, 1.54) is 11.1 Å². The summed E-state index contributed by atoms with van der Waals surface area (Å²) >= 11 is 0. The molecule has 0 aliphatic carbocycles. The molecule has 0 aromatic heterocycles. The third-order valence-electron chi connectivity index (χ3n) is 2.46. The second-order valence-corrected chi connectivity index (χ2v) is 3.55. The predicted octanol–water partition coefficient (Wildman–Crippen LogP) is 1.97. The molecule has 1 unspecified atom stereocenters. The van der Waals surface area contributed by atoms with Crippen molar-refractivity contribution in [1.82, 2.24) is 5.48 Å². The highest BCUT2D eigenvalue weighted by molar-refractivity contribution is 5.40. The second kappa shape index (κ2) is 3.98. The number of hydroxylamine groups is 1. The molecule has 1 atom stereocenters. The Labute approximate surface area is 84.0 Å². The van der Waals surface area contributed by atoms with Crippen molar-refractivity contribution < 1.29 is 9.57 Å². The van der Waals surface area contributed by atoms with E-state index in [0.717, 1.165) is 18.8 Å². The van der Waals surface area contributed by atoms with Gasteiger partial charge in [-0.3, -0.25) is 0 Å². The van der Waals surface area contributed by atoms with Gasteiger partial charge in [0.25, 0.3) is 0 Å². The van der Waals surface area contributed by atoms with Crippen LogP contribution in [0.5, 0.6) is 5.75 Å². The zero-order valence-electron chi connectivity index (χ0n) is 8.54. The fourth-order valence-electron chi connectivity index (χ4n) is 1.78. The normalized spacial score (nSPS) is 20.0. The van der Waals surface area contributed by atoms with Gasteiger partial charge in [-0.15, -0.1) is 0 Å². The van der Waals surface area contributed by atoms with Crippen molar-refractivity contribution in [3.63, 3.8) is 0 Å². The first-order valence-electron chi connectivity index (χ1n) is 4.83. The van der Waals surface area contributed by atoms with Crippen LogP contribution in [0.3, 0.4) is 0 Å². The number of hydrogen-bond donors (Lipinski definition) is 1. The maximum atomic E-state index is 5.56. The number of ether oxygens (including phenoxy) is 1. The third-order valence-corrected chi connectivity index (χ3v) is 2.46. The average molecular weight is 193 g/mol. The molecule has 76 valence electrons. The molecule has 1 aliphatic heterocycles. The van der Waals surface area contributed by atoms with Crippen LogP contribution in [-0.4, -0.2) is 13.7 Å². The number of nitrogens with one attached hydrogen (secondary N) is 1. The fraction of sp³-hybridized carbons (Fsp3) is 0.455. The van der Waals surface area contributed by atoms with Crippen LogP contribution >= 0.6 is 0 Å². The Morgan fingerprint density at radius 2 is 2.36 bits per heavy atom. The van der Waals surface area contributed by atoms with Gasteiger partial charge in [-0.2, -0.15) is 5.48 Å². The van der Waals surface area contributed by atoms with Gasteiger partial charge in [0.05, 0.1) is 19.8 Å². The van der Waals surface area contributed by atoms with Crippen molar-refractivity contribution >= 4 is 0 Å². The van der Waals surface area contributed by atoms with E-state index >= 15 is 0 Å². The minimum absolute atomic E-state index is 0.253. The van der Waals surface area contributed by atoms with Gasteiger partial charge < -0.3 is 9.57 Å². The van der Waals surface area contributed by atoms with Gasteiger partial charge in [0.15, 0.2) is 0 Å². The first-order valence-corrected chi connectivity index (χ1v) is 4.83. The minimum Gasteiger partial charge on any atom is -0.493 e. The van der Waals surface area contributed by atoms with E-state index in [0.29, 0.717) is 0 Å². The first-order chi connectivity index (χ1) is 6.81. The molecule has 0 radical (unpaired) electrons. The summed E-state index contributed by atoms with van der Waals surface area (Å²) in [5, 5.41) is 0. The van der Waals surface area contributed by atoms with Gasteiger partial charge in [-0.25, -0.2) is 0 Å². The van der Waals surface area contributed by atoms with Crippen LogP contribution in [0, 0.1) is 6.92 Å². The van der Waals surface area contributed by atoms with E-state index in [1.807, 2.05) is 6.07 Å². The Bertz CT molecular complexity index is 325. The molecule has 0 fully saturated rings. The highest BCUT2D eigenvalue weighted by atomic mass is 16.6. The minimum atomic E-state index is 0.253. The van der Waals surface area contributed by atoms with Crippen molar-refractivity contribution in [3.05, 3.63) is 29.3 Å². The Morgan fingerprint density at radius 3 is 3.14 bits per heavy atom. The molecule has 1 aromatic carbocycles. The molecular formula is C11H15NO2. The van der Waals surface area contributed by atoms with Crippen LogP contribution in [0.25, 0.3) is 0 Å². The maximum absolute atomic E-state index is 5.56. The molecule has 0 amide bonds. The molecule has 1 N–H and O–H groups in total. The SMILES string of the molecule is CONC1CCOc2ccc(C)cc21. The van der Waals surface area contributed by atoms with E-state index in [1.54, 1.807) is 7.11 Å². The molecule has 3 nitrogen and oxygen atoms in total. The van der Waals surface area contributed by atoms with Crippen molar-refractivity contribution in [2.24, 2.45) is 0 Å². The van der Waals surface area contributed by atoms with Gasteiger partial charge in [0, 0.05) is 12.0 Å². The molecule has 1 aliphatic rings. The Balaban J connectivity index is 2.32. The lowest BCUT2D eigenvalue weighted by atomic mass is 9.99. The third kappa shape index (κ3) is 1.74. The molecule has 0 bridgehead atoms. The Hall–Kier alpha value is -1.06. The summed E-state index contributed by atoms with van der Waals surface area (Å²) in [6.07, 6.45) is 0.949. The van der Waals surface area contributed by atoms with Gasteiger partial charge in [-0.1, -0.05) is 17.7 Å². The van der Waals surface area contributed by atoms with Crippen LogP contribution in [0.4, 0.5) is 0 Å². The summed E-state index contributed by atoms with van der Waals surface area (Å²) in [5.41, 5.74) is 5.43. The summed E-state index contributed by atoms with van der Waals surface area (Å²) in [5.74, 6) is 0.969. The standard InChI is InChI=1S/C11H15NO2/c1-8-3-4-11-9(7-8)10(12-13-2)5-6-14-11/h3-4,7,10,12H,5-6H2,1-2H3. The van der Waals surface area contributed by atoms with E-state index in [4.69, 9.17) is 9.57 Å². The van der Waals surface area contributed by atoms with Crippen LogP contribution < -0.4 is 10.2 Å². The van der Waals surface area contributed by atoms with Crippen molar-refractivity contribution in [3.8, 4) is 5.75 Å². The molecule has 2 rings (SSSR count).